The summed E-state index contributed by atoms with van der Waals surface area (Å²) < 4.78 is 0. The Bertz CT molecular complexity index is 406. The molecule has 0 amide bonds. The first-order valence-electron chi connectivity index (χ1n) is 6.78. The standard InChI is InChI=1S/C14H21N5/c1-16-13(12-15)5-7-18-8-10-19(11-9-18)14-4-2-3-6-17-14/h2-4,6,13,16H,5,7-11H2,1H3. The van der Waals surface area contributed by atoms with E-state index in [1.54, 1.807) is 0 Å². The molecule has 1 N–H and O–H groups in total. The Hall–Kier alpha value is -1.64. The fourth-order valence-electron chi connectivity index (χ4n) is 2.33. The summed E-state index contributed by atoms with van der Waals surface area (Å²) in [5.41, 5.74) is 0. The molecule has 1 aliphatic rings. The molecular weight excluding hydrogens is 238 g/mol. The number of nitrogens with zero attached hydrogens (tertiary/aromatic N) is 4. The van der Waals surface area contributed by atoms with Crippen LogP contribution < -0.4 is 10.2 Å². The normalized spacial score (nSPS) is 18.0. The molecule has 0 spiro atoms. The summed E-state index contributed by atoms with van der Waals surface area (Å²) in [5, 5.41) is 11.9. The Labute approximate surface area is 114 Å². The molecule has 0 aliphatic carbocycles. The number of aromatic nitrogens is 1. The Balaban J connectivity index is 1.75. The molecule has 2 heterocycles. The number of hydrogen-bond donors (Lipinski definition) is 1. The zero-order valence-electron chi connectivity index (χ0n) is 11.4. The van der Waals surface area contributed by atoms with Crippen LogP contribution in [-0.4, -0.2) is 55.7 Å². The van der Waals surface area contributed by atoms with Crippen molar-refractivity contribution in [3.8, 4) is 6.07 Å². The summed E-state index contributed by atoms with van der Waals surface area (Å²) in [6, 6.07) is 8.26. The molecule has 5 heteroatoms. The number of hydrogen-bond acceptors (Lipinski definition) is 5. The van der Waals surface area contributed by atoms with Crippen LogP contribution >= 0.6 is 0 Å². The highest BCUT2D eigenvalue weighted by molar-refractivity contribution is 5.38. The van der Waals surface area contributed by atoms with E-state index in [0.717, 1.165) is 45.0 Å². The van der Waals surface area contributed by atoms with Gasteiger partial charge in [0.1, 0.15) is 5.82 Å². The van der Waals surface area contributed by atoms with Gasteiger partial charge in [0.2, 0.25) is 0 Å². The summed E-state index contributed by atoms with van der Waals surface area (Å²) in [4.78, 5) is 9.12. The Morgan fingerprint density at radius 1 is 1.37 bits per heavy atom. The molecular formula is C14H21N5. The van der Waals surface area contributed by atoms with Crippen molar-refractivity contribution in [1.82, 2.24) is 15.2 Å². The van der Waals surface area contributed by atoms with Gasteiger partial charge in [-0.25, -0.2) is 4.98 Å². The van der Waals surface area contributed by atoms with Crippen molar-refractivity contribution in [3.05, 3.63) is 24.4 Å². The molecule has 1 aromatic rings. The van der Waals surface area contributed by atoms with Gasteiger partial charge in [-0.1, -0.05) is 6.07 Å². The van der Waals surface area contributed by atoms with E-state index in [9.17, 15) is 0 Å². The minimum Gasteiger partial charge on any atom is -0.354 e. The molecule has 1 aromatic heterocycles. The van der Waals surface area contributed by atoms with Crippen molar-refractivity contribution in [2.24, 2.45) is 0 Å². The number of nitrogens with one attached hydrogen (secondary N) is 1. The van der Waals surface area contributed by atoms with Crippen LogP contribution in [0.5, 0.6) is 0 Å². The van der Waals surface area contributed by atoms with Gasteiger partial charge in [0.05, 0.1) is 12.1 Å². The van der Waals surface area contributed by atoms with Crippen LogP contribution in [0.2, 0.25) is 0 Å². The molecule has 0 radical (unpaired) electrons. The van der Waals surface area contributed by atoms with E-state index >= 15 is 0 Å². The van der Waals surface area contributed by atoms with Gasteiger partial charge in [-0.15, -0.1) is 0 Å². The van der Waals surface area contributed by atoms with Crippen LogP contribution in [0, 0.1) is 11.3 Å². The molecule has 1 saturated heterocycles. The van der Waals surface area contributed by atoms with E-state index in [1.807, 2.05) is 25.4 Å². The maximum atomic E-state index is 8.90. The second kappa shape index (κ2) is 7.07. The van der Waals surface area contributed by atoms with Crippen molar-refractivity contribution in [1.29, 1.82) is 5.26 Å². The molecule has 1 atom stereocenters. The van der Waals surface area contributed by atoms with Crippen LogP contribution in [0.1, 0.15) is 6.42 Å². The minimum absolute atomic E-state index is 0.0335. The molecule has 0 bridgehead atoms. The lowest BCUT2D eigenvalue weighted by Gasteiger charge is -2.35. The van der Waals surface area contributed by atoms with Gasteiger partial charge in [-0.2, -0.15) is 5.26 Å². The maximum Gasteiger partial charge on any atom is 0.128 e. The van der Waals surface area contributed by atoms with Gasteiger partial charge < -0.3 is 10.2 Å². The molecule has 0 saturated carbocycles. The Morgan fingerprint density at radius 3 is 2.74 bits per heavy atom. The highest BCUT2D eigenvalue weighted by Gasteiger charge is 2.18. The monoisotopic (exact) mass is 259 g/mol. The quantitative estimate of drug-likeness (QED) is 0.844. The summed E-state index contributed by atoms with van der Waals surface area (Å²) in [6.45, 7) is 5.08. The summed E-state index contributed by atoms with van der Waals surface area (Å²) in [6.07, 6.45) is 2.72. The van der Waals surface area contributed by atoms with Crippen LogP contribution in [-0.2, 0) is 0 Å². The SMILES string of the molecule is CNC(C#N)CCN1CCN(c2ccccn2)CC1. The van der Waals surface area contributed by atoms with Gasteiger partial charge in [-0.05, 0) is 25.6 Å². The molecule has 1 fully saturated rings. The average molecular weight is 259 g/mol. The first kappa shape index (κ1) is 13.8. The summed E-state index contributed by atoms with van der Waals surface area (Å²) in [7, 11) is 1.84. The molecule has 19 heavy (non-hydrogen) atoms. The van der Waals surface area contributed by atoms with Crippen molar-refractivity contribution in [2.75, 3.05) is 44.7 Å². The maximum absolute atomic E-state index is 8.90. The minimum atomic E-state index is -0.0335. The van der Waals surface area contributed by atoms with Crippen LogP contribution in [0.25, 0.3) is 0 Å². The van der Waals surface area contributed by atoms with Crippen LogP contribution in [0.3, 0.4) is 0 Å². The predicted molar refractivity (Wildman–Crippen MR) is 76.0 cm³/mol. The first-order valence-corrected chi connectivity index (χ1v) is 6.78. The highest BCUT2D eigenvalue weighted by atomic mass is 15.3. The second-order valence-corrected chi connectivity index (χ2v) is 4.78. The summed E-state index contributed by atoms with van der Waals surface area (Å²) in [5.74, 6) is 1.06. The Kier molecular flexibility index (Phi) is 5.13. The zero-order chi connectivity index (χ0) is 13.5. The number of rotatable bonds is 5. The van der Waals surface area contributed by atoms with E-state index < -0.39 is 0 Å². The van der Waals surface area contributed by atoms with E-state index in [2.05, 4.69) is 32.2 Å². The first-order chi connectivity index (χ1) is 9.33. The molecule has 5 nitrogen and oxygen atoms in total. The van der Waals surface area contributed by atoms with E-state index in [4.69, 9.17) is 5.26 Å². The average Bonchev–Trinajstić information content (AvgIpc) is 2.50. The molecule has 0 aromatic carbocycles. The molecule has 102 valence electrons. The Morgan fingerprint density at radius 2 is 2.16 bits per heavy atom. The molecule has 1 aliphatic heterocycles. The third-order valence-electron chi connectivity index (χ3n) is 3.58. The van der Waals surface area contributed by atoms with Crippen LogP contribution in [0.4, 0.5) is 5.82 Å². The van der Waals surface area contributed by atoms with Gasteiger partial charge in [0, 0.05) is 38.9 Å². The van der Waals surface area contributed by atoms with Gasteiger partial charge >= 0.3 is 0 Å². The lowest BCUT2D eigenvalue weighted by atomic mass is 10.2. The van der Waals surface area contributed by atoms with Crippen LogP contribution in [0.15, 0.2) is 24.4 Å². The largest absolute Gasteiger partial charge is 0.354 e. The fraction of sp³-hybridized carbons (Fsp3) is 0.571. The third-order valence-corrected chi connectivity index (χ3v) is 3.58. The third kappa shape index (κ3) is 3.91. The van der Waals surface area contributed by atoms with E-state index in [1.165, 1.54) is 0 Å². The zero-order valence-corrected chi connectivity index (χ0v) is 11.4. The second-order valence-electron chi connectivity index (χ2n) is 4.78. The highest BCUT2D eigenvalue weighted by Crippen LogP contribution is 2.12. The summed E-state index contributed by atoms with van der Waals surface area (Å²) >= 11 is 0. The van der Waals surface area contributed by atoms with Gasteiger partial charge in [0.25, 0.3) is 0 Å². The van der Waals surface area contributed by atoms with Crippen molar-refractivity contribution in [2.45, 2.75) is 12.5 Å². The molecule has 1 unspecified atom stereocenters. The number of anilines is 1. The van der Waals surface area contributed by atoms with Crippen molar-refractivity contribution in [3.63, 3.8) is 0 Å². The number of piperazine rings is 1. The smallest absolute Gasteiger partial charge is 0.128 e. The molecule has 2 rings (SSSR count). The van der Waals surface area contributed by atoms with Crippen molar-refractivity contribution < 1.29 is 0 Å². The van der Waals surface area contributed by atoms with Gasteiger partial charge in [0.15, 0.2) is 0 Å². The van der Waals surface area contributed by atoms with E-state index in [0.29, 0.717) is 0 Å². The number of pyridine rings is 1. The van der Waals surface area contributed by atoms with Crippen molar-refractivity contribution >= 4 is 5.82 Å². The topological polar surface area (TPSA) is 55.2 Å². The fourth-order valence-corrected chi connectivity index (χ4v) is 2.33. The lowest BCUT2D eigenvalue weighted by molar-refractivity contribution is 0.249. The number of nitriles is 1. The van der Waals surface area contributed by atoms with Gasteiger partial charge in [-0.3, -0.25) is 4.90 Å². The predicted octanol–water partition coefficient (Wildman–Crippen LogP) is 0.705. The van der Waals surface area contributed by atoms with E-state index in [-0.39, 0.29) is 6.04 Å². The lowest BCUT2D eigenvalue weighted by Crippen LogP contribution is -2.47.